The number of rotatable bonds is 4. The van der Waals surface area contributed by atoms with Crippen molar-refractivity contribution in [1.82, 2.24) is 18.9 Å². The van der Waals surface area contributed by atoms with Gasteiger partial charge in [0.05, 0.1) is 11.3 Å². The number of aromatic nitrogens is 4. The van der Waals surface area contributed by atoms with Gasteiger partial charge < -0.3 is 13.7 Å². The quantitative estimate of drug-likeness (QED) is 0.131. The average molecular weight is 886 g/mol. The molecule has 0 saturated carbocycles. The van der Waals surface area contributed by atoms with Gasteiger partial charge in [-0.1, -0.05) is 112 Å². The summed E-state index contributed by atoms with van der Waals surface area (Å²) in [6, 6.07) is 41.3. The molecule has 5 aromatic carbocycles. The van der Waals surface area contributed by atoms with Crippen molar-refractivity contribution in [3.63, 3.8) is 0 Å². The first-order valence-electron chi connectivity index (χ1n) is 18.3. The summed E-state index contributed by atoms with van der Waals surface area (Å²) in [7, 11) is 0. The fraction of sp³-hybridized carbons (Fsp3) is 0.208. The van der Waals surface area contributed by atoms with E-state index in [9.17, 15) is 0 Å². The average Bonchev–Trinajstić information content (AvgIpc) is 3.71. The van der Waals surface area contributed by atoms with E-state index in [1.165, 1.54) is 33.2 Å². The second-order valence-corrected chi connectivity index (χ2v) is 16.3. The largest absolute Gasteiger partial charge is 2.00 e. The summed E-state index contributed by atoms with van der Waals surface area (Å²) in [5.41, 5.74) is 11.2. The topological polar surface area (TPSA) is 44.3 Å². The van der Waals surface area contributed by atoms with Gasteiger partial charge in [-0.25, -0.2) is 4.98 Å². The van der Waals surface area contributed by atoms with Crippen LogP contribution in [0.25, 0.3) is 66.2 Å². The van der Waals surface area contributed by atoms with Crippen molar-refractivity contribution in [2.24, 2.45) is 0 Å². The second kappa shape index (κ2) is 13.0. The van der Waals surface area contributed by atoms with Crippen LogP contribution in [0.3, 0.4) is 0 Å². The van der Waals surface area contributed by atoms with Gasteiger partial charge in [0.25, 0.3) is 0 Å². The Kier molecular flexibility index (Phi) is 8.58. The molecule has 0 saturated heterocycles. The van der Waals surface area contributed by atoms with E-state index in [0.29, 0.717) is 11.5 Å². The molecule has 0 unspecified atom stereocenters. The van der Waals surface area contributed by atoms with E-state index in [-0.39, 0.29) is 31.9 Å². The number of pyridine rings is 2. The molecule has 0 bridgehead atoms. The second-order valence-electron chi connectivity index (χ2n) is 16.3. The van der Waals surface area contributed by atoms with Crippen LogP contribution in [0.1, 0.15) is 63.8 Å². The standard InChI is InChI=1S/C48H42N4O.Pt/c1-29-14-13-15-30(2)44(29)42-28-50-46-37-26-32(20-22-36(37)45-38(48(6,7)8)24-31(47(3,4)5)25-41(45)52(42)46)53-33-19-21-35-34-16-9-10-17-39(34)51(40(35)27-33)43-18-11-12-23-49-43;/h9-25,28H,1-8H3;/q-2;+2. The Labute approximate surface area is 330 Å². The Hall–Kier alpha value is -5.25. The summed E-state index contributed by atoms with van der Waals surface area (Å²) in [5, 5.41) is 5.48. The van der Waals surface area contributed by atoms with Gasteiger partial charge >= 0.3 is 21.1 Å². The van der Waals surface area contributed by atoms with Crippen molar-refractivity contribution in [3.05, 3.63) is 144 Å². The molecule has 0 spiro atoms. The molecule has 5 nitrogen and oxygen atoms in total. The zero-order chi connectivity index (χ0) is 36.8. The van der Waals surface area contributed by atoms with Crippen molar-refractivity contribution in [3.8, 4) is 28.6 Å². The third kappa shape index (κ3) is 5.72. The Balaban J connectivity index is 0.00000413. The summed E-state index contributed by atoms with van der Waals surface area (Å²) in [6.45, 7) is 18.2. The fourth-order valence-electron chi connectivity index (χ4n) is 7.97. The molecule has 0 aliphatic carbocycles. The molecule has 4 heterocycles. The molecule has 0 amide bonds. The van der Waals surface area contributed by atoms with Crippen LogP contribution in [0, 0.1) is 26.0 Å². The first kappa shape index (κ1) is 35.8. The number of hydrogen-bond acceptors (Lipinski definition) is 3. The number of ether oxygens (including phenoxy) is 1. The van der Waals surface area contributed by atoms with Crippen LogP contribution in [-0.2, 0) is 31.9 Å². The summed E-state index contributed by atoms with van der Waals surface area (Å²) in [6.07, 6.45) is 3.85. The molecule has 9 rings (SSSR count). The van der Waals surface area contributed by atoms with Crippen molar-refractivity contribution in [2.45, 2.75) is 66.2 Å². The Morgan fingerprint density at radius 3 is 2.06 bits per heavy atom. The van der Waals surface area contributed by atoms with Gasteiger partial charge in [-0.2, -0.15) is 6.07 Å². The van der Waals surface area contributed by atoms with Gasteiger partial charge in [-0.3, -0.25) is 4.98 Å². The minimum Gasteiger partial charge on any atom is -0.503 e. The van der Waals surface area contributed by atoms with Crippen molar-refractivity contribution in [1.29, 1.82) is 0 Å². The molecule has 9 aromatic rings. The summed E-state index contributed by atoms with van der Waals surface area (Å²) in [4.78, 5) is 9.84. The zero-order valence-electron chi connectivity index (χ0n) is 31.9. The van der Waals surface area contributed by atoms with E-state index >= 15 is 0 Å². The molecule has 54 heavy (non-hydrogen) atoms. The van der Waals surface area contributed by atoms with Crippen molar-refractivity contribution >= 4 is 49.1 Å². The van der Waals surface area contributed by atoms with E-state index < -0.39 is 0 Å². The maximum atomic E-state index is 6.65. The molecule has 0 radical (unpaired) electrons. The molecule has 4 aromatic heterocycles. The first-order chi connectivity index (χ1) is 25.4. The van der Waals surface area contributed by atoms with E-state index in [4.69, 9.17) is 9.72 Å². The third-order valence-corrected chi connectivity index (χ3v) is 10.6. The molecular formula is C48H42N4OPt. The predicted octanol–water partition coefficient (Wildman–Crippen LogP) is 12.4. The predicted molar refractivity (Wildman–Crippen MR) is 219 cm³/mol. The van der Waals surface area contributed by atoms with Crippen LogP contribution in [0.2, 0.25) is 0 Å². The van der Waals surface area contributed by atoms with Crippen molar-refractivity contribution in [2.75, 3.05) is 0 Å². The van der Waals surface area contributed by atoms with Crippen LogP contribution in [0.5, 0.6) is 11.5 Å². The van der Waals surface area contributed by atoms with E-state index in [1.807, 2.05) is 42.7 Å². The fourth-order valence-corrected chi connectivity index (χ4v) is 7.97. The van der Waals surface area contributed by atoms with Crippen LogP contribution < -0.4 is 4.74 Å². The first-order valence-corrected chi connectivity index (χ1v) is 18.3. The third-order valence-electron chi connectivity index (χ3n) is 10.6. The maximum absolute atomic E-state index is 6.65. The summed E-state index contributed by atoms with van der Waals surface area (Å²) in [5.74, 6) is 2.05. The van der Waals surface area contributed by atoms with Crippen LogP contribution >= 0.6 is 0 Å². The van der Waals surface area contributed by atoms with Gasteiger partial charge in [0.15, 0.2) is 0 Å². The van der Waals surface area contributed by atoms with Gasteiger partial charge in [0.1, 0.15) is 5.82 Å². The van der Waals surface area contributed by atoms with Gasteiger partial charge in [-0.05, 0) is 82.0 Å². The van der Waals surface area contributed by atoms with Crippen molar-refractivity contribution < 1.29 is 25.8 Å². The Morgan fingerprint density at radius 1 is 0.648 bits per heavy atom. The molecule has 0 aliphatic rings. The van der Waals surface area contributed by atoms with Crippen LogP contribution in [0.4, 0.5) is 0 Å². The number of fused-ring (bicyclic) bond motifs is 9. The van der Waals surface area contributed by atoms with Gasteiger partial charge in [0, 0.05) is 40.5 Å². The number of para-hydroxylation sites is 1. The minimum atomic E-state index is -0.120. The molecular weight excluding hydrogens is 844 g/mol. The number of nitrogens with zero attached hydrogens (tertiary/aromatic N) is 4. The minimum absolute atomic E-state index is 0. The zero-order valence-corrected chi connectivity index (χ0v) is 34.2. The Morgan fingerprint density at radius 2 is 1.35 bits per heavy atom. The van der Waals surface area contributed by atoms with E-state index in [1.54, 1.807) is 0 Å². The van der Waals surface area contributed by atoms with Crippen LogP contribution in [0.15, 0.2) is 109 Å². The van der Waals surface area contributed by atoms with Gasteiger partial charge in [-0.15, -0.1) is 29.7 Å². The molecule has 0 fully saturated rings. The van der Waals surface area contributed by atoms with Crippen LogP contribution in [-0.4, -0.2) is 18.9 Å². The molecule has 270 valence electrons. The molecule has 0 aliphatic heterocycles. The van der Waals surface area contributed by atoms with Gasteiger partial charge in [0.2, 0.25) is 0 Å². The molecule has 6 heteroatoms. The summed E-state index contributed by atoms with van der Waals surface area (Å²) < 4.78 is 11.2. The normalized spacial score (nSPS) is 12.3. The monoisotopic (exact) mass is 885 g/mol. The molecule has 0 N–H and O–H groups in total. The SMILES string of the molecule is Cc1cccc(C)c1-c1cnc2c3[c-]c(Oc4[c-]c5c(cc4)c4ccccc4n5-c4ccccn4)ccc3c3c(C(C)(C)C)cc(C(C)(C)C)cc3n12.[Pt+2]. The molecule has 0 atom stereocenters. The number of benzene rings is 5. The number of aryl methyl sites for hydroxylation is 2. The smallest absolute Gasteiger partial charge is 0.503 e. The van der Waals surface area contributed by atoms with E-state index in [2.05, 4.69) is 148 Å². The maximum Gasteiger partial charge on any atom is 2.00 e. The number of imidazole rings is 1. The summed E-state index contributed by atoms with van der Waals surface area (Å²) >= 11 is 0. The number of hydrogen-bond donors (Lipinski definition) is 0. The Bertz CT molecular complexity index is 2890. The van der Waals surface area contributed by atoms with E-state index in [0.717, 1.165) is 55.3 Å².